The molecule has 6 nitrogen and oxygen atoms in total. The van der Waals surface area contributed by atoms with Gasteiger partial charge in [-0.3, -0.25) is 0 Å². The van der Waals surface area contributed by atoms with Crippen molar-refractivity contribution in [2.24, 2.45) is 5.92 Å². The van der Waals surface area contributed by atoms with E-state index in [1.54, 1.807) is 24.3 Å². The third-order valence-electron chi connectivity index (χ3n) is 4.91. The molecule has 0 aliphatic heterocycles. The molecular formula is C19H30N2O4S. The van der Waals surface area contributed by atoms with E-state index >= 15 is 0 Å². The average molecular weight is 383 g/mol. The van der Waals surface area contributed by atoms with Crippen molar-refractivity contribution in [2.75, 3.05) is 19.4 Å². The highest BCUT2D eigenvalue weighted by Crippen LogP contribution is 2.26. The lowest BCUT2D eigenvalue weighted by Gasteiger charge is -2.28. The van der Waals surface area contributed by atoms with Crippen LogP contribution in [0.15, 0.2) is 29.2 Å². The number of carbonyl (C=O) groups excluding carboxylic acids is 1. The summed E-state index contributed by atoms with van der Waals surface area (Å²) in [6.45, 7) is 5.06. The van der Waals surface area contributed by atoms with Crippen LogP contribution in [-0.2, 0) is 14.6 Å². The Hall–Kier alpha value is -1.60. The predicted octanol–water partition coefficient (Wildman–Crippen LogP) is 3.05. The molecule has 146 valence electrons. The van der Waals surface area contributed by atoms with Crippen molar-refractivity contribution in [3.8, 4) is 0 Å². The van der Waals surface area contributed by atoms with Crippen LogP contribution in [0.1, 0.15) is 51.1 Å². The van der Waals surface area contributed by atoms with Gasteiger partial charge in [0.1, 0.15) is 0 Å². The van der Waals surface area contributed by atoms with Crippen LogP contribution in [0.25, 0.3) is 0 Å². The zero-order chi connectivity index (χ0) is 19.2. The van der Waals surface area contributed by atoms with E-state index in [4.69, 9.17) is 4.74 Å². The summed E-state index contributed by atoms with van der Waals surface area (Å²) in [5.41, 5.74) is 0.847. The number of carbonyl (C=O) groups is 1. The fraction of sp³-hybridized carbons (Fsp3) is 0.632. The molecule has 1 aliphatic carbocycles. The molecular weight excluding hydrogens is 352 g/mol. The zero-order valence-electron chi connectivity index (χ0n) is 15.8. The second kappa shape index (κ2) is 9.37. The Bertz CT molecular complexity index is 688. The van der Waals surface area contributed by atoms with Crippen molar-refractivity contribution in [3.63, 3.8) is 0 Å². The number of ether oxygens (including phenoxy) is 1. The summed E-state index contributed by atoms with van der Waals surface area (Å²) in [6, 6.07) is 6.07. The fourth-order valence-electron chi connectivity index (χ4n) is 3.24. The van der Waals surface area contributed by atoms with Gasteiger partial charge < -0.3 is 15.4 Å². The highest BCUT2D eigenvalue weighted by atomic mass is 32.2. The molecule has 3 atom stereocenters. The number of nitrogens with one attached hydrogen (secondary N) is 2. The lowest BCUT2D eigenvalue weighted by Crippen LogP contribution is -2.39. The summed E-state index contributed by atoms with van der Waals surface area (Å²) in [6.07, 6.45) is 6.31. The molecule has 2 amide bonds. The number of urea groups is 1. The van der Waals surface area contributed by atoms with Gasteiger partial charge in [-0.05, 0) is 43.4 Å². The van der Waals surface area contributed by atoms with Gasteiger partial charge in [-0.2, -0.15) is 0 Å². The van der Waals surface area contributed by atoms with E-state index in [1.165, 1.54) is 25.5 Å². The molecule has 0 spiro atoms. The minimum absolute atomic E-state index is 0.220. The topological polar surface area (TPSA) is 84.5 Å². The van der Waals surface area contributed by atoms with E-state index in [0.29, 0.717) is 25.2 Å². The van der Waals surface area contributed by atoms with Crippen molar-refractivity contribution >= 4 is 15.9 Å². The van der Waals surface area contributed by atoms with Gasteiger partial charge in [-0.1, -0.05) is 31.9 Å². The third kappa shape index (κ3) is 6.29. The lowest BCUT2D eigenvalue weighted by atomic mass is 9.88. The molecule has 0 bridgehead atoms. The highest BCUT2D eigenvalue weighted by molar-refractivity contribution is 7.90. The Labute approximate surface area is 156 Å². The van der Waals surface area contributed by atoms with Crippen LogP contribution in [0, 0.1) is 5.92 Å². The third-order valence-corrected chi connectivity index (χ3v) is 6.04. The molecule has 0 aromatic heterocycles. The van der Waals surface area contributed by atoms with Crippen LogP contribution in [-0.4, -0.2) is 40.0 Å². The number of rotatable bonds is 7. The van der Waals surface area contributed by atoms with E-state index in [0.717, 1.165) is 12.0 Å². The Kier molecular flexibility index (Phi) is 7.46. The van der Waals surface area contributed by atoms with Crippen molar-refractivity contribution in [2.45, 2.75) is 56.6 Å². The Morgan fingerprint density at radius 2 is 1.88 bits per heavy atom. The zero-order valence-corrected chi connectivity index (χ0v) is 16.6. The highest BCUT2D eigenvalue weighted by Gasteiger charge is 2.21. The number of hydrogen-bond donors (Lipinski definition) is 2. The summed E-state index contributed by atoms with van der Waals surface area (Å²) in [7, 11) is -3.21. The van der Waals surface area contributed by atoms with Gasteiger partial charge in [-0.15, -0.1) is 0 Å². The first-order chi connectivity index (χ1) is 12.3. The van der Waals surface area contributed by atoms with Gasteiger partial charge in [0.2, 0.25) is 0 Å². The van der Waals surface area contributed by atoms with E-state index < -0.39 is 9.84 Å². The van der Waals surface area contributed by atoms with Gasteiger partial charge in [0.15, 0.2) is 9.84 Å². The maximum absolute atomic E-state index is 12.0. The SMILES string of the molecule is CC(NC(=O)NCCOC1CCCCC1C)c1ccc(S(C)(=O)=O)cc1. The first kappa shape index (κ1) is 20.7. The van der Waals surface area contributed by atoms with Gasteiger partial charge in [-0.25, -0.2) is 13.2 Å². The molecule has 0 saturated heterocycles. The van der Waals surface area contributed by atoms with Gasteiger partial charge in [0, 0.05) is 12.8 Å². The van der Waals surface area contributed by atoms with Crippen LogP contribution in [0.5, 0.6) is 0 Å². The van der Waals surface area contributed by atoms with E-state index in [-0.39, 0.29) is 17.0 Å². The smallest absolute Gasteiger partial charge is 0.315 e. The molecule has 0 radical (unpaired) electrons. The Morgan fingerprint density at radius 1 is 1.23 bits per heavy atom. The standard InChI is InChI=1S/C19H30N2O4S/c1-14-6-4-5-7-18(14)25-13-12-20-19(22)21-15(2)16-8-10-17(11-9-16)26(3,23)24/h8-11,14-15,18H,4-7,12-13H2,1-3H3,(H2,20,21,22). The lowest BCUT2D eigenvalue weighted by molar-refractivity contribution is -0.00244. The maximum atomic E-state index is 12.0. The summed E-state index contributed by atoms with van der Waals surface area (Å²) >= 11 is 0. The molecule has 26 heavy (non-hydrogen) atoms. The largest absolute Gasteiger partial charge is 0.376 e. The number of amides is 2. The minimum atomic E-state index is -3.21. The Morgan fingerprint density at radius 3 is 2.50 bits per heavy atom. The average Bonchev–Trinajstić information content (AvgIpc) is 2.59. The van der Waals surface area contributed by atoms with Crippen molar-refractivity contribution < 1.29 is 17.9 Å². The molecule has 0 heterocycles. The monoisotopic (exact) mass is 382 g/mol. The van der Waals surface area contributed by atoms with Crippen LogP contribution < -0.4 is 10.6 Å². The molecule has 1 aromatic carbocycles. The molecule has 1 saturated carbocycles. The molecule has 2 rings (SSSR count). The van der Waals surface area contributed by atoms with Crippen LogP contribution >= 0.6 is 0 Å². The summed E-state index contributed by atoms with van der Waals surface area (Å²) in [4.78, 5) is 12.3. The first-order valence-electron chi connectivity index (χ1n) is 9.23. The van der Waals surface area contributed by atoms with Crippen LogP contribution in [0.2, 0.25) is 0 Å². The number of hydrogen-bond acceptors (Lipinski definition) is 4. The second-order valence-electron chi connectivity index (χ2n) is 7.13. The van der Waals surface area contributed by atoms with Gasteiger partial charge in [0.25, 0.3) is 0 Å². The summed E-state index contributed by atoms with van der Waals surface area (Å²) in [5.74, 6) is 0.590. The van der Waals surface area contributed by atoms with E-state index in [9.17, 15) is 13.2 Å². The number of sulfone groups is 1. The Balaban J connectivity index is 1.71. The number of benzene rings is 1. The predicted molar refractivity (Wildman–Crippen MR) is 102 cm³/mol. The molecule has 7 heteroatoms. The molecule has 3 unspecified atom stereocenters. The minimum Gasteiger partial charge on any atom is -0.376 e. The fourth-order valence-corrected chi connectivity index (χ4v) is 3.87. The quantitative estimate of drug-likeness (QED) is 0.710. The molecule has 1 aliphatic rings. The summed E-state index contributed by atoms with van der Waals surface area (Å²) in [5, 5.41) is 5.65. The van der Waals surface area contributed by atoms with Crippen LogP contribution in [0.3, 0.4) is 0 Å². The van der Waals surface area contributed by atoms with E-state index in [1.807, 2.05) is 6.92 Å². The second-order valence-corrected chi connectivity index (χ2v) is 9.15. The molecule has 1 aromatic rings. The van der Waals surface area contributed by atoms with Crippen molar-refractivity contribution in [1.82, 2.24) is 10.6 Å². The van der Waals surface area contributed by atoms with E-state index in [2.05, 4.69) is 17.6 Å². The summed E-state index contributed by atoms with van der Waals surface area (Å²) < 4.78 is 28.8. The van der Waals surface area contributed by atoms with Crippen molar-refractivity contribution in [1.29, 1.82) is 0 Å². The molecule has 1 fully saturated rings. The normalized spacial score (nSPS) is 21.8. The van der Waals surface area contributed by atoms with Gasteiger partial charge >= 0.3 is 6.03 Å². The molecule has 2 N–H and O–H groups in total. The van der Waals surface area contributed by atoms with Crippen LogP contribution in [0.4, 0.5) is 4.79 Å². The maximum Gasteiger partial charge on any atom is 0.315 e. The van der Waals surface area contributed by atoms with Crippen molar-refractivity contribution in [3.05, 3.63) is 29.8 Å². The first-order valence-corrected chi connectivity index (χ1v) is 11.1. The van der Waals surface area contributed by atoms with Gasteiger partial charge in [0.05, 0.1) is 23.6 Å².